The standard InChI is InChI=1S/C28H33NO2/c1-29(2)17-16-21-4-9-26-19-28(15-12-25(26)18-21)31-20-22-5-7-23(8-6-22)24-10-13-27(30-3)14-11-24/h5-8,10-15,19,21H,4,9,16-18,20H2,1-3H3. The summed E-state index contributed by atoms with van der Waals surface area (Å²) in [4.78, 5) is 2.29. The number of ether oxygens (including phenoxy) is 2. The van der Waals surface area contributed by atoms with Crippen LogP contribution >= 0.6 is 0 Å². The van der Waals surface area contributed by atoms with E-state index in [4.69, 9.17) is 9.47 Å². The Morgan fingerprint density at radius 3 is 2.19 bits per heavy atom. The van der Waals surface area contributed by atoms with E-state index in [2.05, 4.69) is 73.6 Å². The van der Waals surface area contributed by atoms with Crippen molar-refractivity contribution in [3.8, 4) is 22.6 Å². The average molecular weight is 416 g/mol. The molecule has 162 valence electrons. The van der Waals surface area contributed by atoms with Gasteiger partial charge >= 0.3 is 0 Å². The summed E-state index contributed by atoms with van der Waals surface area (Å²) < 4.78 is 11.4. The molecule has 4 rings (SSSR count). The van der Waals surface area contributed by atoms with Crippen LogP contribution < -0.4 is 9.47 Å². The molecular weight excluding hydrogens is 382 g/mol. The van der Waals surface area contributed by atoms with Crippen molar-refractivity contribution >= 4 is 0 Å². The van der Waals surface area contributed by atoms with Gasteiger partial charge in [0.2, 0.25) is 0 Å². The van der Waals surface area contributed by atoms with Gasteiger partial charge in [0.05, 0.1) is 7.11 Å². The molecule has 0 fully saturated rings. The van der Waals surface area contributed by atoms with Gasteiger partial charge in [0, 0.05) is 0 Å². The highest BCUT2D eigenvalue weighted by molar-refractivity contribution is 5.64. The lowest BCUT2D eigenvalue weighted by atomic mass is 9.82. The number of hydrogen-bond acceptors (Lipinski definition) is 3. The first-order chi connectivity index (χ1) is 15.1. The van der Waals surface area contributed by atoms with E-state index >= 15 is 0 Å². The van der Waals surface area contributed by atoms with E-state index in [1.807, 2.05) is 12.1 Å². The van der Waals surface area contributed by atoms with Crippen LogP contribution in [-0.4, -0.2) is 32.6 Å². The summed E-state index contributed by atoms with van der Waals surface area (Å²) in [6.45, 7) is 1.77. The normalized spacial score (nSPS) is 15.5. The summed E-state index contributed by atoms with van der Waals surface area (Å²) in [5.41, 5.74) is 6.54. The van der Waals surface area contributed by atoms with Crippen molar-refractivity contribution < 1.29 is 9.47 Å². The molecule has 3 nitrogen and oxygen atoms in total. The SMILES string of the molecule is COc1ccc(-c2ccc(COc3ccc4c(c3)CCC(CCN(C)C)C4)cc2)cc1. The molecule has 0 bridgehead atoms. The van der Waals surface area contributed by atoms with Crippen molar-refractivity contribution in [2.45, 2.75) is 32.3 Å². The molecule has 0 spiro atoms. The quantitative estimate of drug-likeness (QED) is 0.450. The van der Waals surface area contributed by atoms with E-state index in [1.54, 1.807) is 7.11 Å². The lowest BCUT2D eigenvalue weighted by molar-refractivity contribution is 0.304. The second-order valence-electron chi connectivity index (χ2n) is 8.85. The van der Waals surface area contributed by atoms with E-state index in [0.717, 1.165) is 17.4 Å². The van der Waals surface area contributed by atoms with E-state index in [1.165, 1.54) is 60.0 Å². The number of benzene rings is 3. The third-order valence-corrected chi connectivity index (χ3v) is 6.28. The Morgan fingerprint density at radius 2 is 1.52 bits per heavy atom. The number of aryl methyl sites for hydroxylation is 1. The Kier molecular flexibility index (Phi) is 6.93. The maximum absolute atomic E-state index is 6.12. The number of fused-ring (bicyclic) bond motifs is 1. The van der Waals surface area contributed by atoms with Crippen molar-refractivity contribution in [2.75, 3.05) is 27.7 Å². The predicted molar refractivity (Wildman–Crippen MR) is 128 cm³/mol. The molecule has 0 aromatic heterocycles. The van der Waals surface area contributed by atoms with Gasteiger partial charge in [0.25, 0.3) is 0 Å². The summed E-state index contributed by atoms with van der Waals surface area (Å²) in [7, 11) is 6.01. The Balaban J connectivity index is 1.33. The summed E-state index contributed by atoms with van der Waals surface area (Å²) in [6, 6.07) is 23.4. The minimum absolute atomic E-state index is 0.590. The molecule has 1 aliphatic rings. The Labute approximate surface area is 186 Å². The number of rotatable bonds is 8. The predicted octanol–water partition coefficient (Wildman–Crippen LogP) is 6.00. The van der Waals surface area contributed by atoms with Crippen LogP contribution in [0.15, 0.2) is 66.7 Å². The molecule has 0 aliphatic heterocycles. The van der Waals surface area contributed by atoms with Crippen molar-refractivity contribution in [3.05, 3.63) is 83.4 Å². The summed E-state index contributed by atoms with van der Waals surface area (Å²) in [5, 5.41) is 0. The average Bonchev–Trinajstić information content (AvgIpc) is 2.81. The molecule has 1 aliphatic carbocycles. The second kappa shape index (κ2) is 10.0. The first-order valence-corrected chi connectivity index (χ1v) is 11.2. The minimum Gasteiger partial charge on any atom is -0.497 e. The highest BCUT2D eigenvalue weighted by Gasteiger charge is 2.19. The fourth-order valence-corrected chi connectivity index (χ4v) is 4.33. The fourth-order valence-electron chi connectivity index (χ4n) is 4.33. The van der Waals surface area contributed by atoms with Crippen molar-refractivity contribution in [2.24, 2.45) is 5.92 Å². The number of methoxy groups -OCH3 is 1. The van der Waals surface area contributed by atoms with E-state index in [-0.39, 0.29) is 0 Å². The van der Waals surface area contributed by atoms with Gasteiger partial charge in [-0.05, 0) is 104 Å². The van der Waals surface area contributed by atoms with Gasteiger partial charge < -0.3 is 14.4 Å². The van der Waals surface area contributed by atoms with Crippen molar-refractivity contribution in [1.82, 2.24) is 4.90 Å². The van der Waals surface area contributed by atoms with Crippen LogP contribution in [-0.2, 0) is 19.4 Å². The molecule has 0 N–H and O–H groups in total. The molecule has 3 heteroatoms. The fraction of sp³-hybridized carbons (Fsp3) is 0.357. The molecule has 3 aromatic carbocycles. The molecule has 1 unspecified atom stereocenters. The molecular formula is C28H33NO2. The molecule has 0 amide bonds. The largest absolute Gasteiger partial charge is 0.497 e. The summed E-state index contributed by atoms with van der Waals surface area (Å²) in [6.07, 6.45) is 4.95. The minimum atomic E-state index is 0.590. The zero-order chi connectivity index (χ0) is 21.6. The number of nitrogens with zero attached hydrogens (tertiary/aromatic N) is 1. The van der Waals surface area contributed by atoms with Crippen molar-refractivity contribution in [1.29, 1.82) is 0 Å². The van der Waals surface area contributed by atoms with Gasteiger partial charge in [-0.2, -0.15) is 0 Å². The van der Waals surface area contributed by atoms with Gasteiger partial charge in [-0.3, -0.25) is 0 Å². The maximum atomic E-state index is 6.12. The van der Waals surface area contributed by atoms with E-state index in [9.17, 15) is 0 Å². The molecule has 0 saturated carbocycles. The molecule has 0 saturated heterocycles. The molecule has 1 atom stereocenters. The smallest absolute Gasteiger partial charge is 0.120 e. The second-order valence-corrected chi connectivity index (χ2v) is 8.85. The van der Waals surface area contributed by atoms with Crippen LogP contribution in [0.3, 0.4) is 0 Å². The highest BCUT2D eigenvalue weighted by atomic mass is 16.5. The Hall–Kier alpha value is -2.78. The van der Waals surface area contributed by atoms with Crippen LogP contribution in [0.5, 0.6) is 11.5 Å². The third kappa shape index (κ3) is 5.68. The molecule has 0 heterocycles. The highest BCUT2D eigenvalue weighted by Crippen LogP contribution is 2.30. The van der Waals surface area contributed by atoms with Crippen LogP contribution in [0.1, 0.15) is 29.5 Å². The van der Waals surface area contributed by atoms with Crippen LogP contribution in [0, 0.1) is 5.92 Å². The lowest BCUT2D eigenvalue weighted by Gasteiger charge is -2.26. The Bertz CT molecular complexity index is 977. The summed E-state index contributed by atoms with van der Waals surface area (Å²) in [5.74, 6) is 2.67. The molecule has 3 aromatic rings. The topological polar surface area (TPSA) is 21.7 Å². The van der Waals surface area contributed by atoms with Gasteiger partial charge in [-0.1, -0.05) is 42.5 Å². The maximum Gasteiger partial charge on any atom is 0.120 e. The Morgan fingerprint density at radius 1 is 0.839 bits per heavy atom. The number of hydrogen-bond donors (Lipinski definition) is 0. The zero-order valence-corrected chi connectivity index (χ0v) is 18.9. The van der Waals surface area contributed by atoms with Gasteiger partial charge in [0.15, 0.2) is 0 Å². The third-order valence-electron chi connectivity index (χ3n) is 6.28. The van der Waals surface area contributed by atoms with Gasteiger partial charge in [-0.15, -0.1) is 0 Å². The molecule has 31 heavy (non-hydrogen) atoms. The van der Waals surface area contributed by atoms with Gasteiger partial charge in [-0.25, -0.2) is 0 Å². The lowest BCUT2D eigenvalue weighted by Crippen LogP contribution is -2.21. The first-order valence-electron chi connectivity index (χ1n) is 11.2. The van der Waals surface area contributed by atoms with E-state index < -0.39 is 0 Å². The van der Waals surface area contributed by atoms with Gasteiger partial charge in [0.1, 0.15) is 18.1 Å². The first kappa shape index (κ1) is 21.5. The van der Waals surface area contributed by atoms with Crippen molar-refractivity contribution in [3.63, 3.8) is 0 Å². The molecule has 0 radical (unpaired) electrons. The zero-order valence-electron chi connectivity index (χ0n) is 18.9. The summed E-state index contributed by atoms with van der Waals surface area (Å²) >= 11 is 0. The van der Waals surface area contributed by atoms with Crippen LogP contribution in [0.25, 0.3) is 11.1 Å². The monoisotopic (exact) mass is 415 g/mol. The van der Waals surface area contributed by atoms with Crippen LogP contribution in [0.2, 0.25) is 0 Å². The van der Waals surface area contributed by atoms with E-state index in [0.29, 0.717) is 6.61 Å². The van der Waals surface area contributed by atoms with Crippen LogP contribution in [0.4, 0.5) is 0 Å².